The highest BCUT2D eigenvalue weighted by Crippen LogP contribution is 2.13. The third kappa shape index (κ3) is 1.57. The van der Waals surface area contributed by atoms with Gasteiger partial charge < -0.3 is 5.73 Å². The monoisotopic (exact) mass is 172 g/mol. The SMILES string of the molecule is CCc1nc(N)c(C#N)cc1C#N. The predicted molar refractivity (Wildman–Crippen MR) is 47.5 cm³/mol. The van der Waals surface area contributed by atoms with Crippen molar-refractivity contribution in [3.8, 4) is 12.1 Å². The van der Waals surface area contributed by atoms with Crippen LogP contribution in [-0.4, -0.2) is 4.98 Å². The minimum absolute atomic E-state index is 0.193. The van der Waals surface area contributed by atoms with E-state index in [-0.39, 0.29) is 11.4 Å². The molecule has 0 saturated carbocycles. The maximum atomic E-state index is 8.72. The maximum Gasteiger partial charge on any atom is 0.141 e. The van der Waals surface area contributed by atoms with Crippen LogP contribution in [0.5, 0.6) is 0 Å². The number of aromatic nitrogens is 1. The molecule has 4 heteroatoms. The number of pyridine rings is 1. The quantitative estimate of drug-likeness (QED) is 0.683. The second kappa shape index (κ2) is 3.55. The summed E-state index contributed by atoms with van der Waals surface area (Å²) >= 11 is 0. The molecule has 0 bridgehead atoms. The first-order valence-corrected chi connectivity index (χ1v) is 3.82. The Bertz CT molecular complexity index is 409. The summed E-state index contributed by atoms with van der Waals surface area (Å²) < 4.78 is 0. The summed E-state index contributed by atoms with van der Waals surface area (Å²) in [6, 6.07) is 5.34. The van der Waals surface area contributed by atoms with Gasteiger partial charge in [0.25, 0.3) is 0 Å². The van der Waals surface area contributed by atoms with Crippen molar-refractivity contribution in [3.63, 3.8) is 0 Å². The zero-order valence-electron chi connectivity index (χ0n) is 7.20. The zero-order valence-corrected chi connectivity index (χ0v) is 7.20. The Balaban J connectivity index is 3.39. The van der Waals surface area contributed by atoms with E-state index in [4.69, 9.17) is 16.3 Å². The van der Waals surface area contributed by atoms with E-state index >= 15 is 0 Å². The van der Waals surface area contributed by atoms with Gasteiger partial charge in [0.15, 0.2) is 0 Å². The summed E-state index contributed by atoms with van der Waals surface area (Å²) in [5.41, 5.74) is 6.81. The summed E-state index contributed by atoms with van der Waals surface area (Å²) in [5, 5.41) is 17.3. The average Bonchev–Trinajstić information content (AvgIpc) is 2.17. The van der Waals surface area contributed by atoms with Gasteiger partial charge in [0.2, 0.25) is 0 Å². The van der Waals surface area contributed by atoms with Gasteiger partial charge in [-0.3, -0.25) is 0 Å². The van der Waals surface area contributed by atoms with Gasteiger partial charge in [-0.25, -0.2) is 4.98 Å². The fraction of sp³-hybridized carbons (Fsp3) is 0.222. The van der Waals surface area contributed by atoms with Crippen molar-refractivity contribution >= 4 is 5.82 Å². The first kappa shape index (κ1) is 9.02. The number of aryl methyl sites for hydroxylation is 1. The van der Waals surface area contributed by atoms with Crippen LogP contribution in [0.1, 0.15) is 23.7 Å². The second-order valence-corrected chi connectivity index (χ2v) is 2.49. The highest BCUT2D eigenvalue weighted by molar-refractivity contribution is 5.53. The van der Waals surface area contributed by atoms with E-state index in [0.29, 0.717) is 17.7 Å². The van der Waals surface area contributed by atoms with Crippen molar-refractivity contribution in [3.05, 3.63) is 22.9 Å². The van der Waals surface area contributed by atoms with Gasteiger partial charge in [-0.05, 0) is 12.5 Å². The Morgan fingerprint density at radius 3 is 2.46 bits per heavy atom. The molecular formula is C9H8N4. The van der Waals surface area contributed by atoms with Crippen LogP contribution in [0, 0.1) is 22.7 Å². The molecule has 4 nitrogen and oxygen atoms in total. The molecular weight excluding hydrogens is 164 g/mol. The standard InChI is InChI=1S/C9H8N4/c1-2-8-6(4-10)3-7(5-11)9(12)13-8/h3H,2H2,1H3,(H2,12,13). The molecule has 0 saturated heterocycles. The van der Waals surface area contributed by atoms with Crippen molar-refractivity contribution in [1.29, 1.82) is 10.5 Å². The van der Waals surface area contributed by atoms with E-state index in [1.54, 1.807) is 0 Å². The van der Waals surface area contributed by atoms with Crippen LogP contribution in [0.25, 0.3) is 0 Å². The Kier molecular flexibility index (Phi) is 2.47. The first-order chi connectivity index (χ1) is 6.22. The maximum absolute atomic E-state index is 8.72. The van der Waals surface area contributed by atoms with Crippen LogP contribution >= 0.6 is 0 Å². The van der Waals surface area contributed by atoms with Gasteiger partial charge >= 0.3 is 0 Å². The summed E-state index contributed by atoms with van der Waals surface area (Å²) in [7, 11) is 0. The van der Waals surface area contributed by atoms with Crippen LogP contribution in [0.3, 0.4) is 0 Å². The molecule has 0 aliphatic carbocycles. The van der Waals surface area contributed by atoms with Crippen molar-refractivity contribution in [2.45, 2.75) is 13.3 Å². The third-order valence-electron chi connectivity index (χ3n) is 1.71. The molecule has 13 heavy (non-hydrogen) atoms. The number of hydrogen-bond donors (Lipinski definition) is 1. The van der Waals surface area contributed by atoms with E-state index < -0.39 is 0 Å². The van der Waals surface area contributed by atoms with Gasteiger partial charge in [-0.1, -0.05) is 6.92 Å². The Hall–Kier alpha value is -2.07. The van der Waals surface area contributed by atoms with Crippen LogP contribution in [0.2, 0.25) is 0 Å². The summed E-state index contributed by atoms with van der Waals surface area (Å²) in [5.74, 6) is 0.193. The van der Waals surface area contributed by atoms with E-state index in [0.717, 1.165) is 0 Å². The summed E-state index contributed by atoms with van der Waals surface area (Å²) in [6.45, 7) is 1.88. The molecule has 0 spiro atoms. The third-order valence-corrected chi connectivity index (χ3v) is 1.71. The molecule has 1 aromatic rings. The molecule has 1 rings (SSSR count). The predicted octanol–water partition coefficient (Wildman–Crippen LogP) is 0.970. The average molecular weight is 172 g/mol. The Labute approximate surface area is 76.2 Å². The van der Waals surface area contributed by atoms with Crippen LogP contribution < -0.4 is 5.73 Å². The highest BCUT2D eigenvalue weighted by atomic mass is 14.8. The molecule has 1 aromatic heterocycles. The lowest BCUT2D eigenvalue weighted by Gasteiger charge is -2.02. The van der Waals surface area contributed by atoms with Crippen LogP contribution in [-0.2, 0) is 6.42 Å². The molecule has 0 aromatic carbocycles. The van der Waals surface area contributed by atoms with Gasteiger partial charge in [0.05, 0.1) is 16.8 Å². The van der Waals surface area contributed by atoms with Crippen molar-refractivity contribution in [2.75, 3.05) is 5.73 Å². The van der Waals surface area contributed by atoms with E-state index in [1.165, 1.54) is 6.07 Å². The zero-order chi connectivity index (χ0) is 9.84. The Morgan fingerprint density at radius 1 is 1.38 bits per heavy atom. The number of hydrogen-bond acceptors (Lipinski definition) is 4. The van der Waals surface area contributed by atoms with Gasteiger partial charge in [0, 0.05) is 0 Å². The fourth-order valence-corrected chi connectivity index (χ4v) is 1.02. The van der Waals surface area contributed by atoms with Crippen molar-refractivity contribution in [2.24, 2.45) is 0 Å². The summed E-state index contributed by atoms with van der Waals surface area (Å²) in [4.78, 5) is 3.97. The number of anilines is 1. The van der Waals surface area contributed by atoms with Gasteiger partial charge in [0.1, 0.15) is 18.0 Å². The van der Waals surface area contributed by atoms with Crippen molar-refractivity contribution in [1.82, 2.24) is 4.98 Å². The molecule has 0 aliphatic rings. The van der Waals surface area contributed by atoms with Gasteiger partial charge in [-0.15, -0.1) is 0 Å². The van der Waals surface area contributed by atoms with Crippen LogP contribution in [0.15, 0.2) is 6.07 Å². The minimum atomic E-state index is 0.193. The van der Waals surface area contributed by atoms with Gasteiger partial charge in [-0.2, -0.15) is 10.5 Å². The fourth-order valence-electron chi connectivity index (χ4n) is 1.02. The molecule has 0 fully saturated rings. The smallest absolute Gasteiger partial charge is 0.141 e. The number of nitrogens with two attached hydrogens (primary N) is 1. The highest BCUT2D eigenvalue weighted by Gasteiger charge is 2.07. The molecule has 0 aliphatic heterocycles. The lowest BCUT2D eigenvalue weighted by atomic mass is 10.1. The molecule has 0 amide bonds. The first-order valence-electron chi connectivity index (χ1n) is 3.82. The van der Waals surface area contributed by atoms with E-state index in [1.807, 2.05) is 19.1 Å². The minimum Gasteiger partial charge on any atom is -0.383 e. The Morgan fingerprint density at radius 2 is 2.00 bits per heavy atom. The van der Waals surface area contributed by atoms with E-state index in [9.17, 15) is 0 Å². The molecule has 64 valence electrons. The molecule has 0 unspecified atom stereocenters. The second-order valence-electron chi connectivity index (χ2n) is 2.49. The largest absolute Gasteiger partial charge is 0.383 e. The number of rotatable bonds is 1. The lowest BCUT2D eigenvalue weighted by Crippen LogP contribution is -2.01. The topological polar surface area (TPSA) is 86.5 Å². The molecule has 1 heterocycles. The van der Waals surface area contributed by atoms with E-state index in [2.05, 4.69) is 4.98 Å². The van der Waals surface area contributed by atoms with Crippen molar-refractivity contribution < 1.29 is 0 Å². The molecule has 0 radical (unpaired) electrons. The lowest BCUT2D eigenvalue weighted by molar-refractivity contribution is 1.03. The summed E-state index contributed by atoms with van der Waals surface area (Å²) in [6.07, 6.45) is 0.638. The molecule has 0 atom stereocenters. The number of nitrogen functional groups attached to an aromatic ring is 1. The molecule has 2 N–H and O–H groups in total. The number of nitriles is 2. The number of nitrogens with zero attached hydrogens (tertiary/aromatic N) is 3. The van der Waals surface area contributed by atoms with Crippen LogP contribution in [0.4, 0.5) is 5.82 Å². The normalized spacial score (nSPS) is 8.85.